The van der Waals surface area contributed by atoms with E-state index >= 15 is 0 Å². The number of Topliss-reactive ketones (excluding diaryl/α,β-unsaturated/α-hetero) is 1. The molecular formula is C27H51NO6. The van der Waals surface area contributed by atoms with E-state index in [2.05, 4.69) is 34.6 Å². The van der Waals surface area contributed by atoms with E-state index in [1.54, 1.807) is 21.0 Å². The Balaban J connectivity index is 3.62. The van der Waals surface area contributed by atoms with Crippen molar-refractivity contribution in [2.75, 3.05) is 20.7 Å². The standard InChI is InChI=1S/C27H51NO6/c1-13-20-27(10,32)23(30)19(5)28(11)15-16(2)14-26(9,33-12)22(25(6,7)8)17(3)21(29)18(4)24(31)34-20/h16-20,22-23,30,32H,13-15H2,1-12H3/t16-,17+,18-,19-,20-,22+,23-,26-,27-/m1/s1. The van der Waals surface area contributed by atoms with Gasteiger partial charge in [-0.05, 0) is 58.9 Å². The Morgan fingerprint density at radius 1 is 1.15 bits per heavy atom. The highest BCUT2D eigenvalue weighted by Crippen LogP contribution is 2.46. The number of esters is 1. The number of carbonyl (C=O) groups excluding carboxylic acids is 2. The van der Waals surface area contributed by atoms with Crippen molar-refractivity contribution in [1.29, 1.82) is 0 Å². The van der Waals surface area contributed by atoms with Gasteiger partial charge in [0.2, 0.25) is 0 Å². The van der Waals surface area contributed by atoms with Crippen molar-refractivity contribution < 1.29 is 29.3 Å². The van der Waals surface area contributed by atoms with Crippen LogP contribution in [0.25, 0.3) is 0 Å². The van der Waals surface area contributed by atoms with Gasteiger partial charge in [0, 0.05) is 31.5 Å². The van der Waals surface area contributed by atoms with Gasteiger partial charge in [-0.2, -0.15) is 0 Å². The number of aliphatic hydroxyl groups excluding tert-OH is 1. The first-order valence-corrected chi connectivity index (χ1v) is 12.7. The number of nitrogens with zero attached hydrogens (tertiary/aromatic N) is 1. The monoisotopic (exact) mass is 485 g/mol. The maximum absolute atomic E-state index is 13.6. The van der Waals surface area contributed by atoms with Crippen molar-refractivity contribution in [2.45, 2.75) is 112 Å². The fourth-order valence-electron chi connectivity index (χ4n) is 6.40. The molecule has 34 heavy (non-hydrogen) atoms. The molecule has 7 heteroatoms. The van der Waals surface area contributed by atoms with Gasteiger partial charge in [-0.25, -0.2) is 0 Å². The summed E-state index contributed by atoms with van der Waals surface area (Å²) in [5, 5.41) is 22.4. The van der Waals surface area contributed by atoms with Gasteiger partial charge in [0.15, 0.2) is 0 Å². The van der Waals surface area contributed by atoms with Crippen molar-refractivity contribution in [3.05, 3.63) is 0 Å². The Bertz CT molecular complexity index is 702. The summed E-state index contributed by atoms with van der Waals surface area (Å²) in [4.78, 5) is 28.7. The second kappa shape index (κ2) is 11.4. The Hall–Kier alpha value is -1.02. The molecule has 0 amide bonds. The molecule has 0 aromatic carbocycles. The van der Waals surface area contributed by atoms with Crippen LogP contribution in [-0.2, 0) is 19.1 Å². The summed E-state index contributed by atoms with van der Waals surface area (Å²) >= 11 is 0. The average molecular weight is 486 g/mol. The van der Waals surface area contributed by atoms with Gasteiger partial charge in [0.25, 0.3) is 0 Å². The number of methoxy groups -OCH3 is 1. The summed E-state index contributed by atoms with van der Waals surface area (Å²) in [6.45, 7) is 19.8. The molecule has 0 aromatic heterocycles. The topological polar surface area (TPSA) is 96.3 Å². The second-order valence-electron chi connectivity index (χ2n) is 12.3. The summed E-state index contributed by atoms with van der Waals surface area (Å²) in [5.41, 5.74) is -2.55. The summed E-state index contributed by atoms with van der Waals surface area (Å²) in [7, 11) is 3.61. The first kappa shape index (κ1) is 31.0. The van der Waals surface area contributed by atoms with Gasteiger partial charge in [-0.1, -0.05) is 41.5 Å². The molecule has 0 unspecified atom stereocenters. The van der Waals surface area contributed by atoms with Crippen molar-refractivity contribution in [3.63, 3.8) is 0 Å². The van der Waals surface area contributed by atoms with Gasteiger partial charge in [-0.3, -0.25) is 9.59 Å². The highest BCUT2D eigenvalue weighted by atomic mass is 16.6. The number of hydrogen-bond donors (Lipinski definition) is 2. The van der Waals surface area contributed by atoms with E-state index in [0.29, 0.717) is 19.4 Å². The summed E-state index contributed by atoms with van der Waals surface area (Å²) in [6, 6.07) is -0.388. The zero-order chi connectivity index (χ0) is 26.8. The number of ether oxygens (including phenoxy) is 2. The molecule has 0 bridgehead atoms. The predicted molar refractivity (Wildman–Crippen MR) is 134 cm³/mol. The largest absolute Gasteiger partial charge is 0.459 e. The van der Waals surface area contributed by atoms with Crippen LogP contribution in [0.1, 0.15) is 82.1 Å². The predicted octanol–water partition coefficient (Wildman–Crippen LogP) is 3.69. The Labute approximate surface area is 207 Å². The highest BCUT2D eigenvalue weighted by molar-refractivity contribution is 5.99. The summed E-state index contributed by atoms with van der Waals surface area (Å²) in [5.74, 6) is -2.29. The third kappa shape index (κ3) is 6.59. The molecule has 7 nitrogen and oxygen atoms in total. The van der Waals surface area contributed by atoms with E-state index in [4.69, 9.17) is 9.47 Å². The molecule has 1 heterocycles. The molecule has 9 atom stereocenters. The molecule has 0 aliphatic carbocycles. The minimum Gasteiger partial charge on any atom is -0.459 e. The third-order valence-electron chi connectivity index (χ3n) is 8.17. The zero-order valence-corrected chi connectivity index (χ0v) is 23.6. The molecule has 2 N–H and O–H groups in total. The molecule has 0 radical (unpaired) electrons. The molecule has 1 aliphatic rings. The molecule has 1 saturated heterocycles. The highest BCUT2D eigenvalue weighted by Gasteiger charge is 2.50. The van der Waals surface area contributed by atoms with Crippen molar-refractivity contribution in [2.24, 2.45) is 29.1 Å². The van der Waals surface area contributed by atoms with Gasteiger partial charge in [0.1, 0.15) is 29.5 Å². The van der Waals surface area contributed by atoms with Crippen LogP contribution in [0.15, 0.2) is 0 Å². The fraction of sp³-hybridized carbons (Fsp3) is 0.926. The number of ketones is 1. The second-order valence-corrected chi connectivity index (χ2v) is 12.3. The van der Waals surface area contributed by atoms with Crippen molar-refractivity contribution in [3.8, 4) is 0 Å². The van der Waals surface area contributed by atoms with Crippen LogP contribution in [-0.4, -0.2) is 77.0 Å². The first-order chi connectivity index (χ1) is 15.3. The van der Waals surface area contributed by atoms with E-state index in [9.17, 15) is 19.8 Å². The Kier molecular flexibility index (Phi) is 10.4. The van der Waals surface area contributed by atoms with Crippen LogP contribution in [0.2, 0.25) is 0 Å². The lowest BCUT2D eigenvalue weighted by atomic mass is 9.61. The fourth-order valence-corrected chi connectivity index (χ4v) is 6.40. The van der Waals surface area contributed by atoms with Crippen LogP contribution in [0.5, 0.6) is 0 Å². The first-order valence-electron chi connectivity index (χ1n) is 12.7. The minimum absolute atomic E-state index is 0.154. The Morgan fingerprint density at radius 2 is 1.68 bits per heavy atom. The lowest BCUT2D eigenvalue weighted by molar-refractivity contribution is -0.189. The molecule has 200 valence electrons. The van der Waals surface area contributed by atoms with E-state index < -0.39 is 41.2 Å². The average Bonchev–Trinajstić information content (AvgIpc) is 2.72. The minimum atomic E-state index is -1.68. The van der Waals surface area contributed by atoms with Crippen molar-refractivity contribution >= 4 is 11.8 Å². The van der Waals surface area contributed by atoms with E-state index in [-0.39, 0.29) is 29.1 Å². The number of rotatable bonds is 2. The number of likely N-dealkylation sites (N-methyl/N-ethyl adjacent to an activating group) is 1. The molecular weight excluding hydrogens is 434 g/mol. The smallest absolute Gasteiger partial charge is 0.316 e. The van der Waals surface area contributed by atoms with Crippen LogP contribution < -0.4 is 0 Å². The molecule has 1 aliphatic heterocycles. The third-order valence-corrected chi connectivity index (χ3v) is 8.17. The Morgan fingerprint density at radius 3 is 2.12 bits per heavy atom. The molecule has 0 spiro atoms. The van der Waals surface area contributed by atoms with E-state index in [0.717, 1.165) is 0 Å². The number of cyclic esters (lactones) is 1. The lowest BCUT2D eigenvalue weighted by Gasteiger charge is -2.48. The van der Waals surface area contributed by atoms with Gasteiger partial charge in [-0.15, -0.1) is 0 Å². The van der Waals surface area contributed by atoms with Crippen LogP contribution in [0, 0.1) is 29.1 Å². The normalized spacial score (nSPS) is 42.6. The van der Waals surface area contributed by atoms with Gasteiger partial charge in [0.05, 0.1) is 5.60 Å². The van der Waals surface area contributed by atoms with Gasteiger partial charge < -0.3 is 24.6 Å². The van der Waals surface area contributed by atoms with Crippen LogP contribution in [0.3, 0.4) is 0 Å². The molecule has 1 fully saturated rings. The SMILES string of the molecule is CC[C@H]1OC(=O)[C@H](C)C(=O)[C@H](C)[C@@H](C(C)(C)C)[C@](C)(OC)C[C@@H](C)CN(C)[C@H](C)[C@@H](O)[C@]1(C)O. The van der Waals surface area contributed by atoms with Crippen molar-refractivity contribution in [1.82, 2.24) is 4.90 Å². The van der Waals surface area contributed by atoms with Crippen LogP contribution in [0.4, 0.5) is 0 Å². The lowest BCUT2D eigenvalue weighted by Crippen LogP contribution is -2.59. The maximum Gasteiger partial charge on any atom is 0.316 e. The number of carbonyl (C=O) groups is 2. The van der Waals surface area contributed by atoms with Crippen LogP contribution >= 0.6 is 0 Å². The van der Waals surface area contributed by atoms with E-state index in [1.807, 2.05) is 25.8 Å². The molecule has 1 rings (SSSR count). The quantitative estimate of drug-likeness (QED) is 0.455. The van der Waals surface area contributed by atoms with E-state index in [1.165, 1.54) is 6.92 Å². The van der Waals surface area contributed by atoms with Gasteiger partial charge >= 0.3 is 5.97 Å². The number of hydrogen-bond acceptors (Lipinski definition) is 7. The maximum atomic E-state index is 13.6. The molecule has 0 saturated carbocycles. The summed E-state index contributed by atoms with van der Waals surface area (Å²) in [6.07, 6.45) is -1.09. The summed E-state index contributed by atoms with van der Waals surface area (Å²) < 4.78 is 11.8. The zero-order valence-electron chi connectivity index (χ0n) is 23.6. The molecule has 0 aromatic rings. The number of aliphatic hydroxyl groups is 2.